The summed E-state index contributed by atoms with van der Waals surface area (Å²) >= 11 is 0. The average molecular weight is 623 g/mol. The lowest BCUT2D eigenvalue weighted by atomic mass is 9.86. The summed E-state index contributed by atoms with van der Waals surface area (Å²) in [5, 5.41) is 12.4. The topological polar surface area (TPSA) is 94.3 Å². The van der Waals surface area contributed by atoms with E-state index in [1.165, 1.54) is 24.7 Å². The van der Waals surface area contributed by atoms with Gasteiger partial charge in [-0.3, -0.25) is 24.3 Å². The van der Waals surface area contributed by atoms with E-state index in [4.69, 9.17) is 9.84 Å². The predicted octanol–water partition coefficient (Wildman–Crippen LogP) is 5.55. The molecular weight excluding hydrogens is 578 g/mol. The molecule has 242 valence electrons. The van der Waals surface area contributed by atoms with Crippen molar-refractivity contribution in [3.63, 3.8) is 0 Å². The Morgan fingerprint density at radius 2 is 1.80 bits per heavy atom. The Kier molecular flexibility index (Phi) is 8.74. The second-order valence-corrected chi connectivity index (χ2v) is 13.8. The minimum atomic E-state index is -2.50. The molecule has 2 amide bonds. The van der Waals surface area contributed by atoms with Crippen LogP contribution in [0, 0.1) is 24.7 Å². The number of piperidine rings is 1. The average Bonchev–Trinajstić information content (AvgIpc) is 3.80. The third kappa shape index (κ3) is 6.43. The maximum atomic E-state index is 12.9. The van der Waals surface area contributed by atoms with Crippen molar-refractivity contribution in [2.75, 3.05) is 26.2 Å². The van der Waals surface area contributed by atoms with Gasteiger partial charge < -0.3 is 9.64 Å². The Labute approximate surface area is 262 Å². The standard InChI is InChI=1S/C34H44F2N6O3/c1-21-32-23(4-2-6-29(32)42(38-21)30-11-12-31(43)37-34(30)44)5-3-15-45-27-16-24-19-40(20-25(24)17-27)18-22-7-9-26(10-8-22)41-14-13-28(39-41)33(35)36/h2,4,6,13-14,22,24-27,30,33H,3,5,7-12,15-20H2,1H3,(H,37,43,44). The molecule has 0 radical (unpaired) electrons. The van der Waals surface area contributed by atoms with Crippen molar-refractivity contribution >= 4 is 22.7 Å². The van der Waals surface area contributed by atoms with Crippen LogP contribution >= 0.6 is 0 Å². The van der Waals surface area contributed by atoms with Crippen molar-refractivity contribution in [1.82, 2.24) is 29.8 Å². The van der Waals surface area contributed by atoms with Crippen LogP contribution in [0.5, 0.6) is 0 Å². The molecule has 11 heteroatoms. The molecule has 7 rings (SSSR count). The zero-order chi connectivity index (χ0) is 31.1. The first-order valence-electron chi connectivity index (χ1n) is 16.8. The van der Waals surface area contributed by atoms with E-state index in [2.05, 4.69) is 21.4 Å². The minimum Gasteiger partial charge on any atom is -0.378 e. The lowest BCUT2D eigenvalue weighted by Crippen LogP contribution is -2.42. The number of aryl methyl sites for hydroxylation is 2. The molecule has 9 nitrogen and oxygen atoms in total. The lowest BCUT2D eigenvalue weighted by molar-refractivity contribution is -0.135. The molecule has 0 spiro atoms. The van der Waals surface area contributed by atoms with E-state index < -0.39 is 12.5 Å². The van der Waals surface area contributed by atoms with Crippen LogP contribution in [0.25, 0.3) is 10.9 Å². The summed E-state index contributed by atoms with van der Waals surface area (Å²) in [6.45, 7) is 6.21. The largest absolute Gasteiger partial charge is 0.378 e. The van der Waals surface area contributed by atoms with E-state index in [1.54, 1.807) is 15.6 Å². The normalized spacial score (nSPS) is 29.2. The van der Waals surface area contributed by atoms with E-state index in [-0.39, 0.29) is 23.6 Å². The third-order valence-corrected chi connectivity index (χ3v) is 10.8. The van der Waals surface area contributed by atoms with E-state index in [9.17, 15) is 18.4 Å². The molecular formula is C34H44F2N6O3. The van der Waals surface area contributed by atoms with Crippen molar-refractivity contribution in [3.05, 3.63) is 47.4 Å². The number of hydrogen-bond donors (Lipinski definition) is 1. The quantitative estimate of drug-likeness (QED) is 0.236. The number of carbonyl (C=O) groups is 2. The van der Waals surface area contributed by atoms with Crippen LogP contribution < -0.4 is 5.32 Å². The number of halogens is 2. The number of benzene rings is 1. The number of rotatable bonds is 10. The number of alkyl halides is 2. The fourth-order valence-electron chi connectivity index (χ4n) is 8.59. The third-order valence-electron chi connectivity index (χ3n) is 10.8. The number of fused-ring (bicyclic) bond motifs is 2. The molecule has 3 aromatic rings. The van der Waals surface area contributed by atoms with Gasteiger partial charge in [0, 0.05) is 44.2 Å². The molecule has 2 saturated heterocycles. The van der Waals surface area contributed by atoms with Crippen molar-refractivity contribution < 1.29 is 23.1 Å². The highest BCUT2D eigenvalue weighted by molar-refractivity contribution is 6.00. The highest BCUT2D eigenvalue weighted by Crippen LogP contribution is 2.41. The summed E-state index contributed by atoms with van der Waals surface area (Å²) in [5.74, 6) is 1.63. The molecule has 1 N–H and O–H groups in total. The van der Waals surface area contributed by atoms with Crippen LogP contribution in [0.1, 0.15) is 93.2 Å². The van der Waals surface area contributed by atoms with Gasteiger partial charge in [-0.15, -0.1) is 0 Å². The molecule has 2 aliphatic heterocycles. The number of nitrogens with one attached hydrogen (secondary N) is 1. The van der Waals surface area contributed by atoms with E-state index >= 15 is 0 Å². The highest BCUT2D eigenvalue weighted by Gasteiger charge is 2.42. The second-order valence-electron chi connectivity index (χ2n) is 13.8. The van der Waals surface area contributed by atoms with Gasteiger partial charge in [0.15, 0.2) is 0 Å². The fourth-order valence-corrected chi connectivity index (χ4v) is 8.59. The number of amides is 2. The van der Waals surface area contributed by atoms with Crippen LogP contribution in [0.4, 0.5) is 8.78 Å². The maximum absolute atomic E-state index is 12.9. The van der Waals surface area contributed by atoms with E-state index in [0.717, 1.165) is 93.0 Å². The lowest BCUT2D eigenvalue weighted by Gasteiger charge is -2.31. The van der Waals surface area contributed by atoms with Gasteiger partial charge in [0.25, 0.3) is 12.3 Å². The Morgan fingerprint density at radius 1 is 1.02 bits per heavy atom. The van der Waals surface area contributed by atoms with Crippen molar-refractivity contribution in [1.29, 1.82) is 0 Å². The number of nitrogens with zero attached hydrogens (tertiary/aromatic N) is 5. The van der Waals surface area contributed by atoms with Crippen LogP contribution in [0.2, 0.25) is 0 Å². The summed E-state index contributed by atoms with van der Waals surface area (Å²) < 4.78 is 35.8. The number of ether oxygens (including phenoxy) is 1. The van der Waals surface area contributed by atoms with E-state index in [1.807, 2.05) is 19.1 Å². The van der Waals surface area contributed by atoms with Crippen LogP contribution in [-0.4, -0.2) is 68.6 Å². The first-order chi connectivity index (χ1) is 21.8. The zero-order valence-electron chi connectivity index (χ0n) is 26.0. The number of imide groups is 1. The minimum absolute atomic E-state index is 0.118. The molecule has 2 aliphatic carbocycles. The van der Waals surface area contributed by atoms with Gasteiger partial charge in [0.05, 0.1) is 23.4 Å². The monoisotopic (exact) mass is 622 g/mol. The van der Waals surface area contributed by atoms with Gasteiger partial charge >= 0.3 is 0 Å². The molecule has 1 aromatic carbocycles. The molecule has 4 heterocycles. The molecule has 4 aliphatic rings. The predicted molar refractivity (Wildman–Crippen MR) is 165 cm³/mol. The molecule has 45 heavy (non-hydrogen) atoms. The molecule has 2 saturated carbocycles. The number of aromatic nitrogens is 4. The Morgan fingerprint density at radius 3 is 2.51 bits per heavy atom. The molecule has 4 fully saturated rings. The highest BCUT2D eigenvalue weighted by atomic mass is 19.3. The van der Waals surface area contributed by atoms with Crippen molar-refractivity contribution in [2.24, 2.45) is 17.8 Å². The van der Waals surface area contributed by atoms with E-state index in [0.29, 0.717) is 24.9 Å². The summed E-state index contributed by atoms with van der Waals surface area (Å²) in [5.41, 5.74) is 2.96. The van der Waals surface area contributed by atoms with Crippen molar-refractivity contribution in [2.45, 2.75) is 95.7 Å². The van der Waals surface area contributed by atoms with Gasteiger partial charge in [0.2, 0.25) is 5.91 Å². The first-order valence-corrected chi connectivity index (χ1v) is 16.8. The van der Waals surface area contributed by atoms with Gasteiger partial charge in [-0.1, -0.05) is 12.1 Å². The smallest absolute Gasteiger partial charge is 0.282 e. The molecule has 2 aromatic heterocycles. The molecule has 3 atom stereocenters. The van der Waals surface area contributed by atoms with Gasteiger partial charge in [-0.2, -0.15) is 10.2 Å². The summed E-state index contributed by atoms with van der Waals surface area (Å²) in [7, 11) is 0. The molecule has 3 unspecified atom stereocenters. The van der Waals surface area contributed by atoms with Gasteiger partial charge in [-0.25, -0.2) is 8.78 Å². The molecule has 0 bridgehead atoms. The second kappa shape index (κ2) is 12.9. The Bertz CT molecular complexity index is 1520. The van der Waals surface area contributed by atoms with Crippen LogP contribution in [-0.2, 0) is 20.7 Å². The first kappa shape index (κ1) is 30.5. The SMILES string of the molecule is Cc1nn(C2CCC(=O)NC2=O)c2cccc(CCCOC3CC4CN(CC5CCC(n6ccc(C(F)F)n6)CC5)CC4C3)c12. The fraction of sp³-hybridized carbons (Fsp3) is 0.647. The zero-order valence-corrected chi connectivity index (χ0v) is 26.0. The summed E-state index contributed by atoms with van der Waals surface area (Å²) in [6.07, 6.45) is 8.79. The van der Waals surface area contributed by atoms with Crippen LogP contribution in [0.3, 0.4) is 0 Å². The summed E-state index contributed by atoms with van der Waals surface area (Å²) in [4.78, 5) is 26.8. The summed E-state index contributed by atoms with van der Waals surface area (Å²) in [6, 6.07) is 7.43. The number of hydrogen-bond acceptors (Lipinski definition) is 6. The van der Waals surface area contributed by atoms with Crippen molar-refractivity contribution in [3.8, 4) is 0 Å². The Hall–Kier alpha value is -3.18. The van der Waals surface area contributed by atoms with Gasteiger partial charge in [0.1, 0.15) is 11.7 Å². The number of likely N-dealkylation sites (tertiary alicyclic amines) is 1. The number of carbonyl (C=O) groups excluding carboxylic acids is 2. The van der Waals surface area contributed by atoms with Gasteiger partial charge in [-0.05, 0) is 100 Å². The van der Waals surface area contributed by atoms with Crippen LogP contribution in [0.15, 0.2) is 30.5 Å². The maximum Gasteiger partial charge on any atom is 0.282 e. The Balaban J connectivity index is 0.840.